The van der Waals surface area contributed by atoms with Crippen LogP contribution >= 0.6 is 11.6 Å². The summed E-state index contributed by atoms with van der Waals surface area (Å²) in [7, 11) is 0. The van der Waals surface area contributed by atoms with E-state index in [1.807, 2.05) is 25.1 Å². The van der Waals surface area contributed by atoms with Gasteiger partial charge in [0.1, 0.15) is 5.78 Å². The molecule has 0 heterocycles. The van der Waals surface area contributed by atoms with Crippen molar-refractivity contribution in [1.82, 2.24) is 0 Å². The van der Waals surface area contributed by atoms with Gasteiger partial charge in [0.2, 0.25) is 0 Å². The van der Waals surface area contributed by atoms with E-state index in [4.69, 9.17) is 11.6 Å². The average Bonchev–Trinajstić information content (AvgIpc) is 2.33. The molecule has 0 unspecified atom stereocenters. The van der Waals surface area contributed by atoms with Crippen molar-refractivity contribution >= 4 is 17.4 Å². The molecule has 0 bridgehead atoms. The number of Topliss-reactive ketones (excluding diaryl/α,β-unsaturated/α-hetero) is 1. The fourth-order valence-electron chi connectivity index (χ4n) is 2.71. The minimum Gasteiger partial charge on any atom is -0.299 e. The van der Waals surface area contributed by atoms with Crippen molar-refractivity contribution in [3.63, 3.8) is 0 Å². The average molecular weight is 265 g/mol. The number of benzene rings is 1. The van der Waals surface area contributed by atoms with Crippen LogP contribution in [0.2, 0.25) is 5.02 Å². The van der Waals surface area contributed by atoms with Gasteiger partial charge in [0.25, 0.3) is 0 Å². The van der Waals surface area contributed by atoms with Crippen LogP contribution in [0, 0.1) is 18.8 Å². The molecule has 0 spiro atoms. The van der Waals surface area contributed by atoms with Crippen molar-refractivity contribution in [1.29, 1.82) is 0 Å². The number of rotatable bonds is 3. The molecule has 0 amide bonds. The number of hydrogen-bond donors (Lipinski definition) is 0. The first-order valence-electron chi connectivity index (χ1n) is 6.84. The smallest absolute Gasteiger partial charge is 0.140 e. The Kier molecular flexibility index (Phi) is 4.45. The van der Waals surface area contributed by atoms with Crippen molar-refractivity contribution in [3.8, 4) is 0 Å². The molecule has 1 aliphatic rings. The first kappa shape index (κ1) is 13.6. The van der Waals surface area contributed by atoms with E-state index in [-0.39, 0.29) is 5.92 Å². The molecule has 1 saturated carbocycles. The van der Waals surface area contributed by atoms with E-state index in [2.05, 4.69) is 6.92 Å². The summed E-state index contributed by atoms with van der Waals surface area (Å²) in [6.45, 7) is 4.29. The number of aryl methyl sites for hydroxylation is 1. The van der Waals surface area contributed by atoms with Gasteiger partial charge >= 0.3 is 0 Å². The van der Waals surface area contributed by atoms with Gasteiger partial charge in [-0.1, -0.05) is 43.5 Å². The Balaban J connectivity index is 1.98. The Bertz CT molecular complexity index is 431. The normalized spacial score (nSPS) is 23.9. The maximum atomic E-state index is 12.3. The Morgan fingerprint density at radius 2 is 1.94 bits per heavy atom. The van der Waals surface area contributed by atoms with Gasteiger partial charge in [-0.05, 0) is 42.9 Å². The molecule has 1 aliphatic carbocycles. The van der Waals surface area contributed by atoms with Crippen LogP contribution in [0.1, 0.15) is 43.7 Å². The molecule has 1 aromatic carbocycles. The van der Waals surface area contributed by atoms with Crippen LogP contribution in [0.5, 0.6) is 0 Å². The van der Waals surface area contributed by atoms with Crippen LogP contribution in [0.15, 0.2) is 18.2 Å². The fourth-order valence-corrected chi connectivity index (χ4v) is 3.01. The molecule has 0 aromatic heterocycles. The summed E-state index contributed by atoms with van der Waals surface area (Å²) in [6.07, 6.45) is 5.00. The fraction of sp³-hybridized carbons (Fsp3) is 0.562. The predicted molar refractivity (Wildman–Crippen MR) is 76.0 cm³/mol. The van der Waals surface area contributed by atoms with Crippen LogP contribution in [-0.2, 0) is 11.2 Å². The van der Waals surface area contributed by atoms with E-state index in [1.54, 1.807) is 0 Å². The lowest BCUT2D eigenvalue weighted by Crippen LogP contribution is -2.22. The topological polar surface area (TPSA) is 17.1 Å². The molecule has 0 radical (unpaired) electrons. The molecular weight excluding hydrogens is 244 g/mol. The minimum atomic E-state index is 0.263. The summed E-state index contributed by atoms with van der Waals surface area (Å²) in [5.74, 6) is 1.42. The quantitative estimate of drug-likeness (QED) is 0.781. The van der Waals surface area contributed by atoms with Gasteiger partial charge in [0.15, 0.2) is 0 Å². The largest absolute Gasteiger partial charge is 0.299 e. The molecule has 0 saturated heterocycles. The van der Waals surface area contributed by atoms with Crippen molar-refractivity contribution in [2.45, 2.75) is 46.0 Å². The van der Waals surface area contributed by atoms with Gasteiger partial charge in [0, 0.05) is 17.4 Å². The molecule has 0 N–H and O–H groups in total. The van der Waals surface area contributed by atoms with E-state index in [0.717, 1.165) is 34.9 Å². The molecule has 18 heavy (non-hydrogen) atoms. The van der Waals surface area contributed by atoms with Gasteiger partial charge in [-0.3, -0.25) is 4.79 Å². The van der Waals surface area contributed by atoms with Gasteiger partial charge in [-0.2, -0.15) is 0 Å². The summed E-state index contributed by atoms with van der Waals surface area (Å²) in [4.78, 5) is 12.3. The van der Waals surface area contributed by atoms with E-state index < -0.39 is 0 Å². The number of carbonyl (C=O) groups excluding carboxylic acids is 1. The van der Waals surface area contributed by atoms with Crippen LogP contribution in [0.4, 0.5) is 0 Å². The first-order valence-corrected chi connectivity index (χ1v) is 7.22. The third kappa shape index (κ3) is 3.35. The van der Waals surface area contributed by atoms with Crippen molar-refractivity contribution in [2.75, 3.05) is 0 Å². The standard InChI is InChI=1S/C16H21ClO/c1-11-3-6-13(7-4-11)16(18)10-14-8-5-12(2)9-15(14)17/h5,8-9,11,13H,3-4,6-7,10H2,1-2H3. The molecule has 1 nitrogen and oxygen atoms in total. The van der Waals surface area contributed by atoms with Gasteiger partial charge in [-0.15, -0.1) is 0 Å². The highest BCUT2D eigenvalue weighted by atomic mass is 35.5. The second-order valence-electron chi connectivity index (χ2n) is 5.69. The van der Waals surface area contributed by atoms with Crippen LogP contribution in [-0.4, -0.2) is 5.78 Å². The Hall–Kier alpha value is -0.820. The van der Waals surface area contributed by atoms with E-state index in [9.17, 15) is 4.79 Å². The Morgan fingerprint density at radius 1 is 1.28 bits per heavy atom. The number of ketones is 1. The molecule has 2 rings (SSSR count). The Labute approximate surface area is 115 Å². The van der Waals surface area contributed by atoms with Gasteiger partial charge < -0.3 is 0 Å². The summed E-state index contributed by atoms with van der Waals surface area (Å²) in [5.41, 5.74) is 2.12. The van der Waals surface area contributed by atoms with Crippen molar-refractivity contribution < 1.29 is 4.79 Å². The van der Waals surface area contributed by atoms with Gasteiger partial charge in [-0.25, -0.2) is 0 Å². The van der Waals surface area contributed by atoms with Crippen LogP contribution in [0.25, 0.3) is 0 Å². The highest BCUT2D eigenvalue weighted by molar-refractivity contribution is 6.31. The zero-order valence-corrected chi connectivity index (χ0v) is 12.0. The first-order chi connectivity index (χ1) is 8.56. The lowest BCUT2D eigenvalue weighted by atomic mass is 9.79. The lowest BCUT2D eigenvalue weighted by molar-refractivity contribution is -0.123. The molecule has 1 fully saturated rings. The number of hydrogen-bond acceptors (Lipinski definition) is 1. The second-order valence-corrected chi connectivity index (χ2v) is 6.10. The summed E-state index contributed by atoms with van der Waals surface area (Å²) < 4.78 is 0. The van der Waals surface area contributed by atoms with Crippen molar-refractivity contribution in [2.24, 2.45) is 11.8 Å². The van der Waals surface area contributed by atoms with Gasteiger partial charge in [0.05, 0.1) is 0 Å². The third-order valence-corrected chi connectivity index (χ3v) is 4.40. The van der Waals surface area contributed by atoms with Crippen LogP contribution < -0.4 is 0 Å². The zero-order chi connectivity index (χ0) is 13.1. The minimum absolute atomic E-state index is 0.263. The summed E-state index contributed by atoms with van der Waals surface area (Å²) in [6, 6.07) is 5.95. The molecule has 0 atom stereocenters. The maximum absolute atomic E-state index is 12.3. The lowest BCUT2D eigenvalue weighted by Gasteiger charge is -2.25. The Morgan fingerprint density at radius 3 is 2.56 bits per heavy atom. The molecule has 98 valence electrons. The molecule has 1 aromatic rings. The molecule has 2 heteroatoms. The van der Waals surface area contributed by atoms with E-state index in [0.29, 0.717) is 12.2 Å². The predicted octanol–water partition coefficient (Wildman–Crippen LogP) is 4.59. The monoisotopic (exact) mass is 264 g/mol. The number of halogens is 1. The maximum Gasteiger partial charge on any atom is 0.140 e. The second kappa shape index (κ2) is 5.88. The SMILES string of the molecule is Cc1ccc(CC(=O)C2CCC(C)CC2)c(Cl)c1. The zero-order valence-electron chi connectivity index (χ0n) is 11.2. The van der Waals surface area contributed by atoms with Crippen LogP contribution in [0.3, 0.4) is 0 Å². The highest BCUT2D eigenvalue weighted by Crippen LogP contribution is 2.30. The molecular formula is C16H21ClO. The molecule has 0 aliphatic heterocycles. The van der Waals surface area contributed by atoms with E-state index in [1.165, 1.54) is 12.8 Å². The van der Waals surface area contributed by atoms with Crippen molar-refractivity contribution in [3.05, 3.63) is 34.3 Å². The third-order valence-electron chi connectivity index (χ3n) is 4.04. The summed E-state index contributed by atoms with van der Waals surface area (Å²) in [5, 5.41) is 0.729. The summed E-state index contributed by atoms with van der Waals surface area (Å²) >= 11 is 6.18. The highest BCUT2D eigenvalue weighted by Gasteiger charge is 2.24. The number of carbonyl (C=O) groups is 1. The van der Waals surface area contributed by atoms with E-state index >= 15 is 0 Å².